The number of nitrogens with zero attached hydrogens (tertiary/aromatic N) is 2. The summed E-state index contributed by atoms with van der Waals surface area (Å²) < 4.78 is 26.4. The molecule has 6 heteroatoms. The van der Waals surface area contributed by atoms with E-state index in [1.807, 2.05) is 12.1 Å². The van der Waals surface area contributed by atoms with Crippen molar-refractivity contribution in [3.05, 3.63) is 89.1 Å². The first-order chi connectivity index (χ1) is 13.0. The normalized spacial score (nSPS) is 11.7. The molecule has 0 fully saturated rings. The van der Waals surface area contributed by atoms with Gasteiger partial charge in [0.25, 0.3) is 10.0 Å². The predicted molar refractivity (Wildman–Crippen MR) is 107 cm³/mol. The first-order valence-electron chi connectivity index (χ1n) is 7.99. The largest absolute Gasteiger partial charge is 0.264 e. The average molecular weight is 397 g/mol. The van der Waals surface area contributed by atoms with Crippen molar-refractivity contribution in [3.8, 4) is 18.4 Å². The molecule has 0 heterocycles. The maximum atomic E-state index is 12.7. The van der Waals surface area contributed by atoms with Crippen LogP contribution in [0, 0.1) is 23.7 Å². The molecule has 0 aromatic heterocycles. The second-order valence-electron chi connectivity index (χ2n) is 5.52. The molecule has 0 spiro atoms. The minimum atomic E-state index is -3.76. The SMILES string of the molecule is C#CCN(/C=C/C=C(/C#N)Cc1cccc(Cl)c1)S(=O)(=O)c1ccccc1. The summed E-state index contributed by atoms with van der Waals surface area (Å²) in [5.74, 6) is 2.34. The van der Waals surface area contributed by atoms with E-state index in [0.717, 1.165) is 9.87 Å². The molecule has 0 unspecified atom stereocenters. The van der Waals surface area contributed by atoms with Crippen LogP contribution in [0.2, 0.25) is 5.02 Å². The van der Waals surface area contributed by atoms with Crippen molar-refractivity contribution in [1.82, 2.24) is 4.31 Å². The van der Waals surface area contributed by atoms with Gasteiger partial charge in [-0.25, -0.2) is 8.42 Å². The van der Waals surface area contributed by atoms with E-state index < -0.39 is 10.0 Å². The quantitative estimate of drug-likeness (QED) is 0.401. The van der Waals surface area contributed by atoms with E-state index in [4.69, 9.17) is 18.0 Å². The number of allylic oxidation sites excluding steroid dienone is 3. The molecule has 2 aromatic carbocycles. The summed E-state index contributed by atoms with van der Waals surface area (Å²) >= 11 is 5.95. The van der Waals surface area contributed by atoms with Gasteiger partial charge in [0.15, 0.2) is 0 Å². The van der Waals surface area contributed by atoms with Gasteiger partial charge in [-0.3, -0.25) is 4.31 Å². The van der Waals surface area contributed by atoms with Crippen molar-refractivity contribution in [1.29, 1.82) is 5.26 Å². The van der Waals surface area contributed by atoms with Gasteiger partial charge in [-0.1, -0.05) is 47.9 Å². The number of hydrogen-bond donors (Lipinski definition) is 0. The molecule has 0 saturated carbocycles. The van der Waals surface area contributed by atoms with E-state index in [9.17, 15) is 13.7 Å². The molecule has 2 rings (SSSR count). The second-order valence-corrected chi connectivity index (χ2v) is 7.85. The van der Waals surface area contributed by atoms with Crippen LogP contribution in [0.1, 0.15) is 5.56 Å². The topological polar surface area (TPSA) is 61.2 Å². The number of nitriles is 1. The Bertz CT molecular complexity index is 1030. The van der Waals surface area contributed by atoms with Crippen LogP contribution in [-0.4, -0.2) is 19.3 Å². The number of terminal acetylenes is 1. The van der Waals surface area contributed by atoms with Crippen molar-refractivity contribution in [3.63, 3.8) is 0 Å². The lowest BCUT2D eigenvalue weighted by Gasteiger charge is -2.17. The molecular formula is C21H17ClN2O2S. The smallest absolute Gasteiger partial charge is 0.261 e. The van der Waals surface area contributed by atoms with Gasteiger partial charge in [0.2, 0.25) is 0 Å². The van der Waals surface area contributed by atoms with Gasteiger partial charge in [0.05, 0.1) is 17.5 Å². The van der Waals surface area contributed by atoms with E-state index in [2.05, 4.69) is 12.0 Å². The summed E-state index contributed by atoms with van der Waals surface area (Å²) in [6.07, 6.45) is 10.1. The van der Waals surface area contributed by atoms with Gasteiger partial charge in [-0.15, -0.1) is 6.42 Å². The van der Waals surface area contributed by atoms with Gasteiger partial charge < -0.3 is 0 Å². The van der Waals surface area contributed by atoms with E-state index in [1.165, 1.54) is 24.4 Å². The van der Waals surface area contributed by atoms with Gasteiger partial charge in [-0.2, -0.15) is 5.26 Å². The molecule has 0 N–H and O–H groups in total. The third kappa shape index (κ3) is 5.76. The van der Waals surface area contributed by atoms with E-state index in [0.29, 0.717) is 17.0 Å². The molecule has 0 aliphatic carbocycles. The summed E-state index contributed by atoms with van der Waals surface area (Å²) in [6, 6.07) is 17.3. The summed E-state index contributed by atoms with van der Waals surface area (Å²) in [5, 5.41) is 9.91. The highest BCUT2D eigenvalue weighted by Gasteiger charge is 2.19. The van der Waals surface area contributed by atoms with Crippen molar-refractivity contribution in [2.75, 3.05) is 6.54 Å². The Morgan fingerprint density at radius 3 is 2.56 bits per heavy atom. The van der Waals surface area contributed by atoms with E-state index in [1.54, 1.807) is 36.4 Å². The zero-order valence-electron chi connectivity index (χ0n) is 14.4. The lowest BCUT2D eigenvalue weighted by atomic mass is 10.1. The monoisotopic (exact) mass is 396 g/mol. The maximum Gasteiger partial charge on any atom is 0.264 e. The molecule has 0 aliphatic heterocycles. The van der Waals surface area contributed by atoms with Crippen molar-refractivity contribution >= 4 is 21.6 Å². The van der Waals surface area contributed by atoms with Gasteiger partial charge in [0.1, 0.15) is 0 Å². The Hall–Kier alpha value is -2.99. The summed E-state index contributed by atoms with van der Waals surface area (Å²) in [5.41, 5.74) is 1.35. The zero-order valence-corrected chi connectivity index (χ0v) is 16.0. The fraction of sp³-hybridized carbons (Fsp3) is 0.0952. The molecule has 27 heavy (non-hydrogen) atoms. The summed E-state index contributed by atoms with van der Waals surface area (Å²) in [4.78, 5) is 0.147. The molecule has 0 amide bonds. The predicted octanol–water partition coefficient (Wildman–Crippen LogP) is 4.17. The third-order valence-electron chi connectivity index (χ3n) is 3.57. The van der Waals surface area contributed by atoms with Gasteiger partial charge in [0, 0.05) is 23.2 Å². The Labute approximate surface area is 165 Å². The number of benzene rings is 2. The van der Waals surface area contributed by atoms with Crippen LogP contribution >= 0.6 is 11.6 Å². The number of rotatable bonds is 7. The van der Waals surface area contributed by atoms with Crippen molar-refractivity contribution in [2.24, 2.45) is 0 Å². The van der Waals surface area contributed by atoms with Crippen LogP contribution in [0.15, 0.2) is 83.4 Å². The second kappa shape index (κ2) is 9.64. The first-order valence-corrected chi connectivity index (χ1v) is 9.81. The molecule has 0 radical (unpaired) electrons. The highest BCUT2D eigenvalue weighted by molar-refractivity contribution is 7.89. The van der Waals surface area contributed by atoms with Gasteiger partial charge in [-0.05, 0) is 42.0 Å². The molecule has 0 atom stereocenters. The third-order valence-corrected chi connectivity index (χ3v) is 5.55. The van der Waals surface area contributed by atoms with Crippen molar-refractivity contribution in [2.45, 2.75) is 11.3 Å². The molecule has 2 aromatic rings. The minimum Gasteiger partial charge on any atom is -0.261 e. The van der Waals surface area contributed by atoms with Crippen LogP contribution in [0.5, 0.6) is 0 Å². The number of halogens is 1. The van der Waals surface area contributed by atoms with E-state index in [-0.39, 0.29) is 11.4 Å². The standard InChI is InChI=1S/C21H17ClN2O2S/c1-2-13-24(27(25,26)21-11-4-3-5-12-21)14-7-9-19(17-23)15-18-8-6-10-20(22)16-18/h1,3-12,14,16H,13,15H2/b14-7+,19-9+. The maximum absolute atomic E-state index is 12.7. The number of hydrogen-bond acceptors (Lipinski definition) is 3. The Kier molecular flexibility index (Phi) is 7.25. The summed E-state index contributed by atoms with van der Waals surface area (Å²) in [7, 11) is -3.76. The highest BCUT2D eigenvalue weighted by atomic mass is 35.5. The minimum absolute atomic E-state index is 0.113. The van der Waals surface area contributed by atoms with Gasteiger partial charge >= 0.3 is 0 Å². The Morgan fingerprint density at radius 2 is 1.93 bits per heavy atom. The van der Waals surface area contributed by atoms with Crippen LogP contribution in [0.4, 0.5) is 0 Å². The molecule has 0 bridgehead atoms. The Morgan fingerprint density at radius 1 is 1.19 bits per heavy atom. The lowest BCUT2D eigenvalue weighted by molar-refractivity contribution is 0.525. The molecule has 136 valence electrons. The van der Waals surface area contributed by atoms with E-state index >= 15 is 0 Å². The molecule has 4 nitrogen and oxygen atoms in total. The van der Waals surface area contributed by atoms with Crippen LogP contribution in [0.3, 0.4) is 0 Å². The lowest BCUT2D eigenvalue weighted by Crippen LogP contribution is -2.26. The fourth-order valence-corrected chi connectivity index (χ4v) is 3.75. The fourth-order valence-electron chi connectivity index (χ4n) is 2.29. The first kappa shape index (κ1) is 20.3. The molecular weight excluding hydrogens is 380 g/mol. The van der Waals surface area contributed by atoms with Crippen molar-refractivity contribution < 1.29 is 8.42 Å². The van der Waals surface area contributed by atoms with Crippen LogP contribution in [-0.2, 0) is 16.4 Å². The van der Waals surface area contributed by atoms with Crippen LogP contribution < -0.4 is 0 Å². The molecule has 0 saturated heterocycles. The summed E-state index contributed by atoms with van der Waals surface area (Å²) in [6.45, 7) is -0.113. The highest BCUT2D eigenvalue weighted by Crippen LogP contribution is 2.16. The number of sulfonamides is 1. The molecule has 0 aliphatic rings. The Balaban J connectivity index is 2.22. The average Bonchev–Trinajstić information content (AvgIpc) is 2.67. The van der Waals surface area contributed by atoms with Crippen LogP contribution in [0.25, 0.3) is 0 Å². The zero-order chi connectivity index (χ0) is 19.7.